The van der Waals surface area contributed by atoms with Crippen LogP contribution in [0.5, 0.6) is 0 Å². The van der Waals surface area contributed by atoms with Crippen molar-refractivity contribution >= 4 is 5.84 Å². The molecule has 0 saturated carbocycles. The SMILES string of the molecule is CC/C=C/NC(=NC)c1cc(-c2ccc(C)cc2)ccc1C. The van der Waals surface area contributed by atoms with E-state index in [1.807, 2.05) is 13.2 Å². The van der Waals surface area contributed by atoms with E-state index < -0.39 is 0 Å². The molecular weight excluding hydrogens is 268 g/mol. The van der Waals surface area contributed by atoms with Crippen molar-refractivity contribution in [3.63, 3.8) is 0 Å². The molecule has 2 aromatic carbocycles. The first kappa shape index (κ1) is 16.0. The highest BCUT2D eigenvalue weighted by Gasteiger charge is 2.07. The molecule has 22 heavy (non-hydrogen) atoms. The van der Waals surface area contributed by atoms with Gasteiger partial charge in [-0.05, 0) is 49.2 Å². The number of aliphatic imine (C=N–C) groups is 1. The van der Waals surface area contributed by atoms with Crippen LogP contribution in [0.1, 0.15) is 30.0 Å². The summed E-state index contributed by atoms with van der Waals surface area (Å²) in [4.78, 5) is 4.39. The zero-order chi connectivity index (χ0) is 15.9. The molecule has 2 nitrogen and oxygen atoms in total. The highest BCUT2D eigenvalue weighted by Crippen LogP contribution is 2.23. The lowest BCUT2D eigenvalue weighted by Crippen LogP contribution is -2.19. The van der Waals surface area contributed by atoms with Gasteiger partial charge in [0.05, 0.1) is 0 Å². The van der Waals surface area contributed by atoms with E-state index in [1.54, 1.807) is 0 Å². The van der Waals surface area contributed by atoms with Crippen LogP contribution in [0.25, 0.3) is 11.1 Å². The summed E-state index contributed by atoms with van der Waals surface area (Å²) in [5, 5.41) is 3.28. The molecule has 0 aliphatic carbocycles. The minimum absolute atomic E-state index is 0.899. The van der Waals surface area contributed by atoms with E-state index >= 15 is 0 Å². The highest BCUT2D eigenvalue weighted by molar-refractivity contribution is 6.01. The van der Waals surface area contributed by atoms with Crippen molar-refractivity contribution in [2.75, 3.05) is 7.05 Å². The van der Waals surface area contributed by atoms with Gasteiger partial charge < -0.3 is 5.32 Å². The molecule has 2 rings (SSSR count). The normalized spacial score (nSPS) is 11.9. The van der Waals surface area contributed by atoms with Gasteiger partial charge in [-0.1, -0.05) is 55.0 Å². The quantitative estimate of drug-likeness (QED) is 0.631. The van der Waals surface area contributed by atoms with Crippen molar-refractivity contribution in [1.29, 1.82) is 0 Å². The molecule has 0 heterocycles. The molecule has 0 fully saturated rings. The van der Waals surface area contributed by atoms with Gasteiger partial charge >= 0.3 is 0 Å². The smallest absolute Gasteiger partial charge is 0.132 e. The highest BCUT2D eigenvalue weighted by atomic mass is 15.0. The van der Waals surface area contributed by atoms with Gasteiger partial charge in [-0.2, -0.15) is 0 Å². The van der Waals surface area contributed by atoms with Crippen LogP contribution in [0.3, 0.4) is 0 Å². The number of amidine groups is 1. The van der Waals surface area contributed by atoms with Gasteiger partial charge in [-0.3, -0.25) is 4.99 Å². The summed E-state index contributed by atoms with van der Waals surface area (Å²) >= 11 is 0. The van der Waals surface area contributed by atoms with E-state index in [9.17, 15) is 0 Å². The predicted octanol–water partition coefficient (Wildman–Crippen LogP) is 4.86. The summed E-state index contributed by atoms with van der Waals surface area (Å²) in [7, 11) is 1.82. The molecule has 0 bridgehead atoms. The lowest BCUT2D eigenvalue weighted by atomic mass is 9.98. The molecule has 2 aromatic rings. The molecule has 114 valence electrons. The van der Waals surface area contributed by atoms with E-state index in [2.05, 4.69) is 79.6 Å². The molecule has 0 aliphatic rings. The Morgan fingerprint density at radius 3 is 2.36 bits per heavy atom. The van der Waals surface area contributed by atoms with Crippen LogP contribution in [0.4, 0.5) is 0 Å². The summed E-state index contributed by atoms with van der Waals surface area (Å²) in [5.74, 6) is 0.899. The van der Waals surface area contributed by atoms with Crippen molar-refractivity contribution in [2.45, 2.75) is 27.2 Å². The Bertz CT molecular complexity index is 679. The molecule has 0 aliphatic heterocycles. The Morgan fingerprint density at radius 1 is 1.05 bits per heavy atom. The molecule has 0 radical (unpaired) electrons. The number of nitrogens with one attached hydrogen (secondary N) is 1. The Labute approximate surface area is 133 Å². The molecule has 0 atom stereocenters. The Kier molecular flexibility index (Phi) is 5.54. The number of hydrogen-bond acceptors (Lipinski definition) is 1. The summed E-state index contributed by atoms with van der Waals surface area (Å²) in [6.45, 7) is 6.34. The first-order chi connectivity index (χ1) is 10.7. The summed E-state index contributed by atoms with van der Waals surface area (Å²) < 4.78 is 0. The van der Waals surface area contributed by atoms with Gasteiger partial charge in [0.25, 0.3) is 0 Å². The van der Waals surface area contributed by atoms with Gasteiger partial charge in [0.2, 0.25) is 0 Å². The van der Waals surface area contributed by atoms with Crippen LogP contribution < -0.4 is 5.32 Å². The topological polar surface area (TPSA) is 24.4 Å². The number of hydrogen-bond donors (Lipinski definition) is 1. The van der Waals surface area contributed by atoms with E-state index in [0.717, 1.165) is 17.8 Å². The van der Waals surface area contributed by atoms with Crippen molar-refractivity contribution in [2.24, 2.45) is 4.99 Å². The van der Waals surface area contributed by atoms with Gasteiger partial charge in [-0.25, -0.2) is 0 Å². The van der Waals surface area contributed by atoms with Crippen LogP contribution >= 0.6 is 0 Å². The van der Waals surface area contributed by atoms with Crippen molar-refractivity contribution < 1.29 is 0 Å². The third kappa shape index (κ3) is 3.85. The molecule has 0 amide bonds. The Morgan fingerprint density at radius 2 is 1.73 bits per heavy atom. The average molecular weight is 292 g/mol. The van der Waals surface area contributed by atoms with Crippen molar-refractivity contribution in [3.8, 4) is 11.1 Å². The second-order valence-electron chi connectivity index (χ2n) is 5.42. The fraction of sp³-hybridized carbons (Fsp3) is 0.250. The minimum atomic E-state index is 0.899. The first-order valence-electron chi connectivity index (χ1n) is 7.72. The zero-order valence-corrected chi connectivity index (χ0v) is 13.9. The maximum absolute atomic E-state index is 4.39. The molecule has 0 spiro atoms. The largest absolute Gasteiger partial charge is 0.347 e. The molecule has 0 unspecified atom stereocenters. The number of nitrogens with zero attached hydrogens (tertiary/aromatic N) is 1. The van der Waals surface area contributed by atoms with Crippen LogP contribution in [0.2, 0.25) is 0 Å². The average Bonchev–Trinajstić information content (AvgIpc) is 2.53. The van der Waals surface area contributed by atoms with Crippen molar-refractivity contribution in [3.05, 3.63) is 71.4 Å². The lowest BCUT2D eigenvalue weighted by Gasteiger charge is -2.12. The standard InChI is InChI=1S/C20H24N2/c1-5-6-13-22-20(21-4)19-14-18(12-9-16(19)3)17-10-7-15(2)8-11-17/h6-14H,5H2,1-4H3,(H,21,22)/b13-6+. The van der Waals surface area contributed by atoms with E-state index in [0.29, 0.717) is 0 Å². The maximum atomic E-state index is 4.39. The molecule has 2 heteroatoms. The lowest BCUT2D eigenvalue weighted by molar-refractivity contribution is 1.15. The number of benzene rings is 2. The zero-order valence-electron chi connectivity index (χ0n) is 13.9. The van der Waals surface area contributed by atoms with Gasteiger partial charge in [-0.15, -0.1) is 0 Å². The fourth-order valence-electron chi connectivity index (χ4n) is 2.32. The van der Waals surface area contributed by atoms with Crippen molar-refractivity contribution in [1.82, 2.24) is 5.32 Å². The van der Waals surface area contributed by atoms with E-state index in [1.165, 1.54) is 22.3 Å². The minimum Gasteiger partial charge on any atom is -0.347 e. The second kappa shape index (κ2) is 7.60. The molecule has 0 saturated heterocycles. The monoisotopic (exact) mass is 292 g/mol. The number of rotatable bonds is 4. The molecule has 0 aromatic heterocycles. The van der Waals surface area contributed by atoms with Gasteiger partial charge in [0.1, 0.15) is 5.84 Å². The maximum Gasteiger partial charge on any atom is 0.132 e. The van der Waals surface area contributed by atoms with Crippen LogP contribution in [-0.4, -0.2) is 12.9 Å². The van der Waals surface area contributed by atoms with E-state index in [-0.39, 0.29) is 0 Å². The fourth-order valence-corrected chi connectivity index (χ4v) is 2.32. The van der Waals surface area contributed by atoms with Gasteiger partial charge in [0, 0.05) is 12.6 Å². The van der Waals surface area contributed by atoms with Crippen LogP contribution in [0, 0.1) is 13.8 Å². The third-order valence-corrected chi connectivity index (χ3v) is 3.67. The molecule has 1 N–H and O–H groups in total. The van der Waals surface area contributed by atoms with Crippen LogP contribution in [0.15, 0.2) is 59.7 Å². The summed E-state index contributed by atoms with van der Waals surface area (Å²) in [5.41, 5.74) is 6.07. The third-order valence-electron chi connectivity index (χ3n) is 3.67. The number of aryl methyl sites for hydroxylation is 2. The summed E-state index contributed by atoms with van der Waals surface area (Å²) in [6, 6.07) is 15.1. The van der Waals surface area contributed by atoms with Gasteiger partial charge in [0.15, 0.2) is 0 Å². The molecular formula is C20H24N2. The predicted molar refractivity (Wildman–Crippen MR) is 96.4 cm³/mol. The Hall–Kier alpha value is -2.35. The second-order valence-corrected chi connectivity index (χ2v) is 5.42. The summed E-state index contributed by atoms with van der Waals surface area (Å²) in [6.07, 6.45) is 5.05. The number of allylic oxidation sites excluding steroid dienone is 1. The Balaban J connectivity index is 2.37. The van der Waals surface area contributed by atoms with Crippen LogP contribution in [-0.2, 0) is 0 Å². The van der Waals surface area contributed by atoms with E-state index in [4.69, 9.17) is 0 Å². The first-order valence-corrected chi connectivity index (χ1v) is 7.72.